The molecule has 0 aromatic heterocycles. The summed E-state index contributed by atoms with van der Waals surface area (Å²) in [5.74, 6) is 0.842. The summed E-state index contributed by atoms with van der Waals surface area (Å²) in [6, 6.07) is 20.8. The molecule has 32 heavy (non-hydrogen) atoms. The van der Waals surface area contributed by atoms with Gasteiger partial charge in [0.05, 0.1) is 13.2 Å². The standard InChI is InChI=1S/C25H37N5O.HI/c1-2-26-25(28-19-24(21-31)23-11-7-4-8-12-23)27-13-14-29-15-17-30(18-16-29)20-22-9-5-3-6-10-22;/h3-12,24,31H,2,13-21H2,1H3,(H2,26,27,28);1H. The molecule has 1 heterocycles. The molecule has 0 saturated carbocycles. The molecule has 1 saturated heterocycles. The predicted octanol–water partition coefficient (Wildman–Crippen LogP) is 2.75. The van der Waals surface area contributed by atoms with Crippen molar-refractivity contribution in [3.05, 3.63) is 71.8 Å². The van der Waals surface area contributed by atoms with Crippen molar-refractivity contribution in [2.24, 2.45) is 4.99 Å². The summed E-state index contributed by atoms with van der Waals surface area (Å²) >= 11 is 0. The second kappa shape index (κ2) is 15.2. The molecule has 7 heteroatoms. The highest BCUT2D eigenvalue weighted by atomic mass is 127. The first-order chi connectivity index (χ1) is 15.3. The molecule has 176 valence electrons. The molecule has 0 spiro atoms. The minimum Gasteiger partial charge on any atom is -0.396 e. The molecule has 2 aromatic rings. The van der Waals surface area contributed by atoms with E-state index in [-0.39, 0.29) is 36.5 Å². The van der Waals surface area contributed by atoms with Gasteiger partial charge in [0.1, 0.15) is 0 Å². The van der Waals surface area contributed by atoms with Crippen molar-refractivity contribution in [2.45, 2.75) is 19.4 Å². The SMILES string of the molecule is CCNC(=NCC(CO)c1ccccc1)NCCN1CCN(Cc2ccccc2)CC1.I. The van der Waals surface area contributed by atoms with Crippen molar-refractivity contribution < 1.29 is 5.11 Å². The third kappa shape index (κ3) is 9.05. The van der Waals surface area contributed by atoms with Gasteiger partial charge in [-0.3, -0.25) is 14.8 Å². The summed E-state index contributed by atoms with van der Waals surface area (Å²) < 4.78 is 0. The van der Waals surface area contributed by atoms with Crippen LogP contribution >= 0.6 is 24.0 Å². The average molecular weight is 552 g/mol. The molecule has 1 aliphatic heterocycles. The minimum atomic E-state index is 0. The van der Waals surface area contributed by atoms with Gasteiger partial charge in [-0.15, -0.1) is 24.0 Å². The van der Waals surface area contributed by atoms with Crippen LogP contribution < -0.4 is 10.6 Å². The predicted molar refractivity (Wildman–Crippen MR) is 144 cm³/mol. The average Bonchev–Trinajstić information content (AvgIpc) is 2.82. The Morgan fingerprint density at radius 3 is 2.19 bits per heavy atom. The van der Waals surface area contributed by atoms with Crippen LogP contribution in [0.3, 0.4) is 0 Å². The van der Waals surface area contributed by atoms with Crippen LogP contribution in [0.1, 0.15) is 24.0 Å². The van der Waals surface area contributed by atoms with Gasteiger partial charge in [-0.1, -0.05) is 60.7 Å². The van der Waals surface area contributed by atoms with E-state index in [2.05, 4.69) is 57.7 Å². The largest absolute Gasteiger partial charge is 0.396 e. The molecule has 2 aromatic carbocycles. The molecule has 0 radical (unpaired) electrons. The van der Waals surface area contributed by atoms with E-state index in [9.17, 15) is 5.11 Å². The molecule has 1 aliphatic rings. The zero-order valence-electron chi connectivity index (χ0n) is 19.1. The molecule has 0 bridgehead atoms. The summed E-state index contributed by atoms with van der Waals surface area (Å²) in [4.78, 5) is 9.75. The number of hydrogen-bond donors (Lipinski definition) is 3. The molecule has 1 fully saturated rings. The molecule has 3 rings (SSSR count). The van der Waals surface area contributed by atoms with Gasteiger partial charge in [-0.05, 0) is 18.1 Å². The van der Waals surface area contributed by atoms with Gasteiger partial charge in [-0.25, -0.2) is 0 Å². The minimum absolute atomic E-state index is 0. The number of guanidine groups is 1. The van der Waals surface area contributed by atoms with Crippen LogP contribution in [-0.2, 0) is 6.54 Å². The van der Waals surface area contributed by atoms with E-state index in [1.54, 1.807) is 0 Å². The Labute approximate surface area is 210 Å². The lowest BCUT2D eigenvalue weighted by Gasteiger charge is -2.34. The lowest BCUT2D eigenvalue weighted by molar-refractivity contribution is 0.129. The Hall–Kier alpha value is -1.68. The monoisotopic (exact) mass is 551 g/mol. The number of aliphatic hydroxyl groups excluding tert-OH is 1. The number of halogens is 1. The van der Waals surface area contributed by atoms with Crippen molar-refractivity contribution in [1.29, 1.82) is 0 Å². The second-order valence-electron chi connectivity index (χ2n) is 8.04. The lowest BCUT2D eigenvalue weighted by Crippen LogP contribution is -2.49. The summed E-state index contributed by atoms with van der Waals surface area (Å²) in [5.41, 5.74) is 2.51. The second-order valence-corrected chi connectivity index (χ2v) is 8.04. The van der Waals surface area contributed by atoms with Crippen LogP contribution in [0.15, 0.2) is 65.7 Å². The normalized spacial score (nSPS) is 16.2. The van der Waals surface area contributed by atoms with Gasteiger partial charge in [-0.2, -0.15) is 0 Å². The van der Waals surface area contributed by atoms with E-state index in [1.807, 2.05) is 30.3 Å². The highest BCUT2D eigenvalue weighted by molar-refractivity contribution is 14.0. The van der Waals surface area contributed by atoms with Crippen molar-refractivity contribution in [3.8, 4) is 0 Å². The van der Waals surface area contributed by atoms with Crippen LogP contribution in [0.5, 0.6) is 0 Å². The molecule has 6 nitrogen and oxygen atoms in total. The quantitative estimate of drug-likeness (QED) is 0.241. The number of nitrogens with one attached hydrogen (secondary N) is 2. The molecule has 0 aliphatic carbocycles. The van der Waals surface area contributed by atoms with Gasteiger partial charge >= 0.3 is 0 Å². The Morgan fingerprint density at radius 1 is 0.938 bits per heavy atom. The lowest BCUT2D eigenvalue weighted by atomic mass is 10.0. The summed E-state index contributed by atoms with van der Waals surface area (Å²) in [7, 11) is 0. The Morgan fingerprint density at radius 2 is 1.56 bits per heavy atom. The van der Waals surface area contributed by atoms with Crippen molar-refractivity contribution >= 4 is 29.9 Å². The third-order valence-corrected chi connectivity index (χ3v) is 5.74. The first kappa shape index (κ1) is 26.6. The summed E-state index contributed by atoms with van der Waals surface area (Å²) in [6.45, 7) is 10.9. The van der Waals surface area contributed by atoms with E-state index in [4.69, 9.17) is 4.99 Å². The van der Waals surface area contributed by atoms with Gasteiger partial charge in [0.15, 0.2) is 5.96 Å². The van der Waals surface area contributed by atoms with Crippen LogP contribution in [0.25, 0.3) is 0 Å². The van der Waals surface area contributed by atoms with Crippen molar-refractivity contribution in [3.63, 3.8) is 0 Å². The number of rotatable bonds is 10. The smallest absolute Gasteiger partial charge is 0.191 e. The highest BCUT2D eigenvalue weighted by Gasteiger charge is 2.16. The zero-order valence-corrected chi connectivity index (χ0v) is 21.4. The molecular weight excluding hydrogens is 513 g/mol. The molecule has 1 atom stereocenters. The van der Waals surface area contributed by atoms with E-state index >= 15 is 0 Å². The molecule has 3 N–H and O–H groups in total. The summed E-state index contributed by atoms with van der Waals surface area (Å²) in [5, 5.41) is 16.5. The maximum atomic E-state index is 9.76. The van der Waals surface area contributed by atoms with Crippen molar-refractivity contribution in [1.82, 2.24) is 20.4 Å². The molecular formula is C25H38IN5O. The van der Waals surface area contributed by atoms with Gasteiger partial charge in [0.2, 0.25) is 0 Å². The molecule has 1 unspecified atom stereocenters. The number of hydrogen-bond acceptors (Lipinski definition) is 4. The van der Waals surface area contributed by atoms with E-state index < -0.39 is 0 Å². The van der Waals surface area contributed by atoms with E-state index in [1.165, 1.54) is 5.56 Å². The first-order valence-corrected chi connectivity index (χ1v) is 11.4. The van der Waals surface area contributed by atoms with Crippen LogP contribution in [0, 0.1) is 0 Å². The van der Waals surface area contributed by atoms with Gasteiger partial charge < -0.3 is 15.7 Å². The van der Waals surface area contributed by atoms with Crippen LogP contribution in [-0.4, -0.2) is 79.8 Å². The number of benzene rings is 2. The third-order valence-electron chi connectivity index (χ3n) is 5.74. The topological polar surface area (TPSA) is 63.1 Å². The van der Waals surface area contributed by atoms with E-state index in [0.717, 1.165) is 63.9 Å². The van der Waals surface area contributed by atoms with Gasteiger partial charge in [0.25, 0.3) is 0 Å². The van der Waals surface area contributed by atoms with Crippen LogP contribution in [0.4, 0.5) is 0 Å². The highest BCUT2D eigenvalue weighted by Crippen LogP contribution is 2.15. The number of aliphatic hydroxyl groups is 1. The fourth-order valence-electron chi connectivity index (χ4n) is 3.88. The van der Waals surface area contributed by atoms with Crippen molar-refractivity contribution in [2.75, 3.05) is 59.0 Å². The maximum absolute atomic E-state index is 9.76. The number of aliphatic imine (C=N–C) groups is 1. The number of piperazine rings is 1. The van der Waals surface area contributed by atoms with Crippen LogP contribution in [0.2, 0.25) is 0 Å². The van der Waals surface area contributed by atoms with Gasteiger partial charge in [0, 0.05) is 58.3 Å². The Balaban J connectivity index is 0.00000363. The van der Waals surface area contributed by atoms with E-state index in [0.29, 0.717) is 6.54 Å². The first-order valence-electron chi connectivity index (χ1n) is 11.4. The fraction of sp³-hybridized carbons (Fsp3) is 0.480. The Bertz CT molecular complexity index is 766. The molecule has 0 amide bonds. The Kier molecular flexibility index (Phi) is 12.6. The summed E-state index contributed by atoms with van der Waals surface area (Å²) in [6.07, 6.45) is 0. The number of nitrogens with zero attached hydrogens (tertiary/aromatic N) is 3. The maximum Gasteiger partial charge on any atom is 0.191 e. The zero-order chi connectivity index (χ0) is 21.7. The fourth-order valence-corrected chi connectivity index (χ4v) is 3.88.